The highest BCUT2D eigenvalue weighted by atomic mass is 32.2. The fourth-order valence-electron chi connectivity index (χ4n) is 6.06. The molecule has 0 fully saturated rings. The van der Waals surface area contributed by atoms with Gasteiger partial charge in [-0.05, 0) is 77.4 Å². The summed E-state index contributed by atoms with van der Waals surface area (Å²) in [6.45, 7) is 3.68. The summed E-state index contributed by atoms with van der Waals surface area (Å²) >= 11 is 0. The third-order valence-electron chi connectivity index (χ3n) is 8.60. The van der Waals surface area contributed by atoms with Crippen molar-refractivity contribution in [3.8, 4) is 11.1 Å². The van der Waals surface area contributed by atoms with Gasteiger partial charge in [-0.25, -0.2) is 17.5 Å². The topological polar surface area (TPSA) is 83.6 Å². The molecule has 6 rings (SSSR count). The van der Waals surface area contributed by atoms with Gasteiger partial charge in [0, 0.05) is 22.2 Å². The van der Waals surface area contributed by atoms with Crippen molar-refractivity contribution < 1.29 is 22.4 Å². The van der Waals surface area contributed by atoms with Gasteiger partial charge in [-0.1, -0.05) is 105 Å². The minimum atomic E-state index is -4.21. The molecule has 0 spiro atoms. The van der Waals surface area contributed by atoms with Crippen LogP contribution in [0, 0.1) is 11.2 Å². The molecule has 6 nitrogen and oxygen atoms in total. The van der Waals surface area contributed by atoms with Crippen molar-refractivity contribution in [1.82, 2.24) is 4.72 Å². The maximum absolute atomic E-state index is 14.2. The predicted octanol–water partition coefficient (Wildman–Crippen LogP) is 7.51. The number of nitrogens with zero attached hydrogens (tertiary/aromatic N) is 1. The number of carbonyl (C=O) groups excluding carboxylic acids is 2. The van der Waals surface area contributed by atoms with Crippen molar-refractivity contribution in [2.75, 3.05) is 4.90 Å². The minimum absolute atomic E-state index is 0.0110. The van der Waals surface area contributed by atoms with Gasteiger partial charge in [0.05, 0.1) is 11.4 Å². The van der Waals surface area contributed by atoms with Gasteiger partial charge in [-0.3, -0.25) is 9.59 Å². The molecule has 47 heavy (non-hydrogen) atoms. The lowest BCUT2D eigenvalue weighted by Crippen LogP contribution is -2.41. The molecule has 0 atom stereocenters. The summed E-state index contributed by atoms with van der Waals surface area (Å²) in [4.78, 5) is 28.8. The largest absolute Gasteiger partial charge is 0.304 e. The van der Waals surface area contributed by atoms with E-state index >= 15 is 0 Å². The van der Waals surface area contributed by atoms with Crippen LogP contribution in [0.5, 0.6) is 0 Å². The fourth-order valence-corrected chi connectivity index (χ4v) is 7.42. The van der Waals surface area contributed by atoms with E-state index in [0.717, 1.165) is 22.3 Å². The number of halogens is 1. The number of aryl methyl sites for hydroxylation is 2. The van der Waals surface area contributed by atoms with Gasteiger partial charge in [-0.2, -0.15) is 0 Å². The third kappa shape index (κ3) is 6.88. The highest BCUT2D eigenvalue weighted by Gasteiger charge is 2.33. The zero-order valence-electron chi connectivity index (χ0n) is 26.2. The molecule has 2 amide bonds. The highest BCUT2D eigenvalue weighted by Crippen LogP contribution is 2.32. The molecule has 0 aliphatic carbocycles. The number of benzene rings is 5. The van der Waals surface area contributed by atoms with Crippen molar-refractivity contribution in [2.24, 2.45) is 5.41 Å². The van der Waals surface area contributed by atoms with E-state index in [0.29, 0.717) is 41.6 Å². The molecule has 5 aromatic carbocycles. The maximum Gasteiger partial charge on any atom is 0.264 e. The standard InChI is InChI=1S/C39H35FN2O4S/c1-39(2,25-27-10-4-3-5-11-27)38(44)41-47(45,46)36-15-9-8-13-33(36)30-18-16-28(17-19-30)26-42-35-23-22-32(40)24-31(35)21-20-29-12-6-7-14-34(29)37(42)43/h3-19,22-24H,20-21,25-26H2,1-2H3,(H,41,44). The molecule has 0 saturated carbocycles. The second kappa shape index (κ2) is 13.0. The molecule has 8 heteroatoms. The number of amides is 2. The predicted molar refractivity (Wildman–Crippen MR) is 182 cm³/mol. The summed E-state index contributed by atoms with van der Waals surface area (Å²) in [5.41, 5.74) is 4.81. The van der Waals surface area contributed by atoms with Crippen LogP contribution in [0.3, 0.4) is 0 Å². The molecule has 5 aromatic rings. The first-order valence-electron chi connectivity index (χ1n) is 15.5. The molecule has 238 valence electrons. The molecule has 0 aromatic heterocycles. The Balaban J connectivity index is 1.26. The van der Waals surface area contributed by atoms with Crippen LogP contribution >= 0.6 is 0 Å². The molecule has 1 aliphatic heterocycles. The Hall–Kier alpha value is -5.08. The van der Waals surface area contributed by atoms with Gasteiger partial charge in [0.1, 0.15) is 5.82 Å². The van der Waals surface area contributed by atoms with Gasteiger partial charge >= 0.3 is 0 Å². The summed E-state index contributed by atoms with van der Waals surface area (Å²) in [5, 5.41) is 0. The van der Waals surface area contributed by atoms with Crippen molar-refractivity contribution in [3.63, 3.8) is 0 Å². The molecule has 0 unspecified atom stereocenters. The van der Waals surface area contributed by atoms with E-state index < -0.39 is 21.3 Å². The van der Waals surface area contributed by atoms with Crippen LogP contribution in [-0.4, -0.2) is 20.2 Å². The van der Waals surface area contributed by atoms with Crippen LogP contribution < -0.4 is 9.62 Å². The van der Waals surface area contributed by atoms with Crippen molar-refractivity contribution in [2.45, 2.75) is 44.6 Å². The number of hydrogen-bond acceptors (Lipinski definition) is 4. The van der Waals surface area contributed by atoms with E-state index in [-0.39, 0.29) is 23.2 Å². The molecule has 1 aliphatic rings. The number of nitrogens with one attached hydrogen (secondary N) is 1. The Morgan fingerprint density at radius 2 is 1.40 bits per heavy atom. The Bertz CT molecular complexity index is 2060. The second-order valence-electron chi connectivity index (χ2n) is 12.5. The van der Waals surface area contributed by atoms with E-state index in [1.165, 1.54) is 18.2 Å². The number of anilines is 1. The Labute approximate surface area is 274 Å². The number of carbonyl (C=O) groups is 2. The van der Waals surface area contributed by atoms with E-state index in [1.54, 1.807) is 55.1 Å². The first kappa shape index (κ1) is 31.9. The van der Waals surface area contributed by atoms with Gasteiger partial charge in [-0.15, -0.1) is 0 Å². The zero-order chi connectivity index (χ0) is 33.2. The van der Waals surface area contributed by atoms with Gasteiger partial charge in [0.2, 0.25) is 5.91 Å². The van der Waals surface area contributed by atoms with E-state index in [9.17, 15) is 22.4 Å². The molecule has 0 radical (unpaired) electrons. The summed E-state index contributed by atoms with van der Waals surface area (Å²) < 4.78 is 43.8. The van der Waals surface area contributed by atoms with Crippen LogP contribution in [0.15, 0.2) is 126 Å². The average Bonchev–Trinajstić information content (AvgIpc) is 3.06. The smallest absolute Gasteiger partial charge is 0.264 e. The third-order valence-corrected chi connectivity index (χ3v) is 9.99. The quantitative estimate of drug-likeness (QED) is 0.189. The summed E-state index contributed by atoms with van der Waals surface area (Å²) in [6.07, 6.45) is 1.61. The number of rotatable bonds is 8. The highest BCUT2D eigenvalue weighted by molar-refractivity contribution is 7.90. The molecular formula is C39H35FN2O4S. The van der Waals surface area contributed by atoms with E-state index in [4.69, 9.17) is 0 Å². The van der Waals surface area contributed by atoms with Crippen molar-refractivity contribution >= 4 is 27.5 Å². The van der Waals surface area contributed by atoms with E-state index in [1.807, 2.05) is 66.7 Å². The molecular weight excluding hydrogens is 612 g/mol. The first-order chi connectivity index (χ1) is 22.5. The van der Waals surface area contributed by atoms with Gasteiger partial charge in [0.25, 0.3) is 15.9 Å². The van der Waals surface area contributed by atoms with E-state index in [2.05, 4.69) is 4.72 Å². The minimum Gasteiger partial charge on any atom is -0.304 e. The number of fused-ring (bicyclic) bond motifs is 2. The summed E-state index contributed by atoms with van der Waals surface area (Å²) in [5.74, 6) is -1.11. The molecule has 0 saturated heterocycles. The van der Waals surface area contributed by atoms with Crippen molar-refractivity contribution in [3.05, 3.63) is 155 Å². The van der Waals surface area contributed by atoms with Crippen molar-refractivity contribution in [1.29, 1.82) is 0 Å². The van der Waals surface area contributed by atoms with Crippen LogP contribution in [0.1, 0.15) is 46.5 Å². The monoisotopic (exact) mass is 646 g/mol. The zero-order valence-corrected chi connectivity index (χ0v) is 27.1. The Kier molecular flexibility index (Phi) is 8.80. The van der Waals surface area contributed by atoms with Crippen LogP contribution in [0.4, 0.5) is 10.1 Å². The SMILES string of the molecule is CC(C)(Cc1ccccc1)C(=O)NS(=O)(=O)c1ccccc1-c1ccc(CN2C(=O)c3ccccc3CCc3cc(F)ccc32)cc1. The summed E-state index contributed by atoms with van der Waals surface area (Å²) in [7, 11) is -4.21. The fraction of sp³-hybridized carbons (Fsp3) is 0.179. The average molecular weight is 647 g/mol. The Morgan fingerprint density at radius 3 is 2.15 bits per heavy atom. The first-order valence-corrected chi connectivity index (χ1v) is 17.0. The van der Waals surface area contributed by atoms with Gasteiger partial charge in [0.15, 0.2) is 0 Å². The molecule has 1 N–H and O–H groups in total. The Morgan fingerprint density at radius 1 is 0.766 bits per heavy atom. The molecule has 1 heterocycles. The van der Waals surface area contributed by atoms with Crippen LogP contribution in [-0.2, 0) is 40.6 Å². The lowest BCUT2D eigenvalue weighted by atomic mass is 9.85. The lowest BCUT2D eigenvalue weighted by Gasteiger charge is -2.29. The van der Waals surface area contributed by atoms with Crippen LogP contribution in [0.2, 0.25) is 0 Å². The second-order valence-corrected chi connectivity index (χ2v) is 14.1. The summed E-state index contributed by atoms with van der Waals surface area (Å²) in [6, 6.07) is 35.3. The number of hydrogen-bond donors (Lipinski definition) is 1. The van der Waals surface area contributed by atoms with Gasteiger partial charge < -0.3 is 4.90 Å². The normalized spacial score (nSPS) is 13.3. The molecule has 0 bridgehead atoms. The maximum atomic E-state index is 14.2. The lowest BCUT2D eigenvalue weighted by molar-refractivity contribution is -0.127. The number of sulfonamides is 1. The van der Waals surface area contributed by atoms with Crippen LogP contribution in [0.25, 0.3) is 11.1 Å².